The van der Waals surface area contributed by atoms with Gasteiger partial charge in [0.05, 0.1) is 12.1 Å². The fourth-order valence-electron chi connectivity index (χ4n) is 1.56. The summed E-state index contributed by atoms with van der Waals surface area (Å²) >= 11 is 6.15. The molecule has 2 aromatic heterocycles. The summed E-state index contributed by atoms with van der Waals surface area (Å²) < 4.78 is 9.86. The van der Waals surface area contributed by atoms with Gasteiger partial charge in [-0.15, -0.1) is 0 Å². The minimum atomic E-state index is -0.977. The molecular formula is C11H6Br2N2O7. The number of nitro groups is 2. The lowest BCUT2D eigenvalue weighted by atomic mass is 10.1. The summed E-state index contributed by atoms with van der Waals surface area (Å²) in [6.07, 6.45) is 0. The number of halogens is 2. The first-order chi connectivity index (χ1) is 10.3. The Morgan fingerprint density at radius 1 is 0.909 bits per heavy atom. The second kappa shape index (κ2) is 6.40. The van der Waals surface area contributed by atoms with Gasteiger partial charge < -0.3 is 8.83 Å². The molecule has 2 rings (SSSR count). The Kier molecular flexibility index (Phi) is 4.76. The predicted molar refractivity (Wildman–Crippen MR) is 79.1 cm³/mol. The van der Waals surface area contributed by atoms with Gasteiger partial charge in [-0.25, -0.2) is 0 Å². The first-order valence-corrected chi connectivity index (χ1v) is 7.44. The van der Waals surface area contributed by atoms with Crippen LogP contribution in [0.5, 0.6) is 0 Å². The van der Waals surface area contributed by atoms with Gasteiger partial charge in [0.2, 0.25) is 0 Å². The highest BCUT2D eigenvalue weighted by molar-refractivity contribution is 9.10. The first kappa shape index (κ1) is 16.4. The number of carbonyl (C=O) groups is 1. The van der Waals surface area contributed by atoms with Gasteiger partial charge in [0.1, 0.15) is 31.0 Å². The van der Waals surface area contributed by atoms with Gasteiger partial charge in [0, 0.05) is 0 Å². The standard InChI is InChI=1S/C11H6Br2N2O7/c12-9(5-1-3-7(21-5)14(17)18)11(16)10(13)6-2-4-8(22-6)15(19)20/h1-4,9-10H. The number of hydrogen-bond donors (Lipinski definition) is 0. The van der Waals surface area contributed by atoms with E-state index in [9.17, 15) is 25.0 Å². The molecule has 0 amide bonds. The van der Waals surface area contributed by atoms with Crippen LogP contribution < -0.4 is 0 Å². The van der Waals surface area contributed by atoms with E-state index >= 15 is 0 Å². The minimum absolute atomic E-state index is 0.0437. The Balaban J connectivity index is 2.17. The van der Waals surface area contributed by atoms with E-state index in [1.165, 1.54) is 12.1 Å². The molecular weight excluding hydrogens is 432 g/mol. The number of carbonyl (C=O) groups excluding carboxylic acids is 1. The molecule has 11 heteroatoms. The molecule has 2 atom stereocenters. The van der Waals surface area contributed by atoms with E-state index in [1.54, 1.807) is 0 Å². The normalized spacial score (nSPS) is 13.5. The molecule has 0 fully saturated rings. The van der Waals surface area contributed by atoms with Crippen LogP contribution in [0.3, 0.4) is 0 Å². The van der Waals surface area contributed by atoms with Crippen molar-refractivity contribution >= 4 is 49.4 Å². The monoisotopic (exact) mass is 436 g/mol. The second-order valence-electron chi connectivity index (χ2n) is 3.99. The van der Waals surface area contributed by atoms with Crippen LogP contribution in [0, 0.1) is 20.2 Å². The SMILES string of the molecule is O=C(C(Br)c1ccc([N+](=O)[O-])o1)C(Br)c1ccc([N+](=O)[O-])o1. The number of Topliss-reactive ketones (excluding diaryl/α,β-unsaturated/α-hetero) is 1. The highest BCUT2D eigenvalue weighted by Gasteiger charge is 2.32. The lowest BCUT2D eigenvalue weighted by Gasteiger charge is -2.09. The van der Waals surface area contributed by atoms with Crippen molar-refractivity contribution in [1.82, 2.24) is 0 Å². The number of furan rings is 2. The Morgan fingerprint density at radius 2 is 1.27 bits per heavy atom. The zero-order valence-electron chi connectivity index (χ0n) is 10.5. The Bertz CT molecular complexity index is 678. The molecule has 0 N–H and O–H groups in total. The molecule has 9 nitrogen and oxygen atoms in total. The molecule has 0 aliphatic rings. The lowest BCUT2D eigenvalue weighted by molar-refractivity contribution is -0.402. The summed E-state index contributed by atoms with van der Waals surface area (Å²) in [7, 11) is 0. The Labute approximate surface area is 138 Å². The molecule has 0 aliphatic heterocycles. The molecule has 0 aromatic carbocycles. The molecule has 22 heavy (non-hydrogen) atoms. The van der Waals surface area contributed by atoms with Crippen molar-refractivity contribution in [3.05, 3.63) is 56.0 Å². The molecule has 0 saturated carbocycles. The van der Waals surface area contributed by atoms with E-state index in [-0.39, 0.29) is 11.5 Å². The molecule has 0 bridgehead atoms. The van der Waals surface area contributed by atoms with Crippen LogP contribution in [0.4, 0.5) is 11.8 Å². The van der Waals surface area contributed by atoms with Gasteiger partial charge in [-0.3, -0.25) is 25.0 Å². The average molecular weight is 438 g/mol. The second-order valence-corrected chi connectivity index (χ2v) is 5.83. The summed E-state index contributed by atoms with van der Waals surface area (Å²) in [4.78, 5) is 29.9. The molecule has 2 aromatic rings. The summed E-state index contributed by atoms with van der Waals surface area (Å²) in [6, 6.07) is 4.83. The van der Waals surface area contributed by atoms with E-state index in [1.807, 2.05) is 0 Å². The lowest BCUT2D eigenvalue weighted by Crippen LogP contribution is -2.11. The maximum Gasteiger partial charge on any atom is 0.433 e. The zero-order valence-corrected chi connectivity index (χ0v) is 13.6. The largest absolute Gasteiger partial charge is 0.433 e. The Morgan fingerprint density at radius 3 is 1.55 bits per heavy atom. The van der Waals surface area contributed by atoms with Gasteiger partial charge in [-0.1, -0.05) is 31.9 Å². The van der Waals surface area contributed by atoms with Gasteiger partial charge in [-0.05, 0) is 12.1 Å². The maximum atomic E-state index is 12.2. The summed E-state index contributed by atoms with van der Waals surface area (Å²) in [5, 5.41) is 21.1. The minimum Gasteiger partial charge on any atom is -0.404 e. The third kappa shape index (κ3) is 3.25. The van der Waals surface area contributed by atoms with E-state index in [2.05, 4.69) is 31.9 Å². The van der Waals surface area contributed by atoms with Crippen LogP contribution in [0.25, 0.3) is 0 Å². The number of rotatable bonds is 6. The number of ketones is 1. The van der Waals surface area contributed by atoms with Crippen LogP contribution in [-0.2, 0) is 4.79 Å². The van der Waals surface area contributed by atoms with Crippen molar-refractivity contribution in [1.29, 1.82) is 0 Å². The van der Waals surface area contributed by atoms with Gasteiger partial charge in [-0.2, -0.15) is 0 Å². The first-order valence-electron chi connectivity index (χ1n) is 5.61. The molecule has 0 spiro atoms. The average Bonchev–Trinajstić information content (AvgIpc) is 3.13. The molecule has 2 heterocycles. The third-order valence-electron chi connectivity index (χ3n) is 2.58. The highest BCUT2D eigenvalue weighted by atomic mass is 79.9. The summed E-state index contributed by atoms with van der Waals surface area (Å²) in [5.74, 6) is -1.39. The van der Waals surface area contributed by atoms with Crippen LogP contribution in [0.2, 0.25) is 0 Å². The third-order valence-corrected chi connectivity index (χ3v) is 4.39. The molecule has 0 radical (unpaired) electrons. The van der Waals surface area contributed by atoms with Crippen molar-refractivity contribution in [3.8, 4) is 0 Å². The van der Waals surface area contributed by atoms with Crippen LogP contribution in [0.15, 0.2) is 33.1 Å². The maximum absolute atomic E-state index is 12.2. The number of hydrogen-bond acceptors (Lipinski definition) is 7. The van der Waals surface area contributed by atoms with Crippen molar-refractivity contribution in [3.63, 3.8) is 0 Å². The van der Waals surface area contributed by atoms with Gasteiger partial charge >= 0.3 is 11.8 Å². The predicted octanol–water partition coefficient (Wildman–Crippen LogP) is 3.83. The molecule has 116 valence electrons. The fourth-order valence-corrected chi connectivity index (χ4v) is 2.94. The van der Waals surface area contributed by atoms with Crippen LogP contribution in [-0.4, -0.2) is 15.6 Å². The van der Waals surface area contributed by atoms with E-state index in [0.717, 1.165) is 12.1 Å². The van der Waals surface area contributed by atoms with E-state index in [0.29, 0.717) is 0 Å². The van der Waals surface area contributed by atoms with Crippen molar-refractivity contribution in [2.45, 2.75) is 9.65 Å². The highest BCUT2D eigenvalue weighted by Crippen LogP contribution is 2.37. The summed E-state index contributed by atoms with van der Waals surface area (Å²) in [5.41, 5.74) is 0. The van der Waals surface area contributed by atoms with Crippen molar-refractivity contribution in [2.75, 3.05) is 0 Å². The summed E-state index contributed by atoms with van der Waals surface area (Å²) in [6.45, 7) is 0. The number of alkyl halides is 2. The zero-order chi connectivity index (χ0) is 16.4. The Hall–Kier alpha value is -2.01. The van der Waals surface area contributed by atoms with Crippen molar-refractivity contribution in [2.24, 2.45) is 0 Å². The topological polar surface area (TPSA) is 130 Å². The van der Waals surface area contributed by atoms with E-state index < -0.39 is 37.1 Å². The smallest absolute Gasteiger partial charge is 0.404 e. The van der Waals surface area contributed by atoms with Crippen LogP contribution >= 0.6 is 31.9 Å². The number of nitrogens with zero attached hydrogens (tertiary/aromatic N) is 2. The van der Waals surface area contributed by atoms with Crippen molar-refractivity contribution < 1.29 is 23.5 Å². The van der Waals surface area contributed by atoms with Gasteiger partial charge in [0.25, 0.3) is 0 Å². The van der Waals surface area contributed by atoms with Gasteiger partial charge in [0.15, 0.2) is 5.78 Å². The fraction of sp³-hybridized carbons (Fsp3) is 0.182. The molecule has 0 saturated heterocycles. The molecule has 2 unspecified atom stereocenters. The quantitative estimate of drug-likeness (QED) is 0.381. The van der Waals surface area contributed by atoms with Crippen LogP contribution in [0.1, 0.15) is 21.2 Å². The molecule has 0 aliphatic carbocycles. The van der Waals surface area contributed by atoms with E-state index in [4.69, 9.17) is 8.83 Å².